The monoisotopic (exact) mass is 355 g/mol. The van der Waals surface area contributed by atoms with Crippen molar-refractivity contribution in [3.63, 3.8) is 0 Å². The molecule has 130 valence electrons. The summed E-state index contributed by atoms with van der Waals surface area (Å²) in [7, 11) is 0. The smallest absolute Gasteiger partial charge is 0.260 e. The Labute approximate surface area is 150 Å². The van der Waals surface area contributed by atoms with Crippen molar-refractivity contribution in [1.82, 2.24) is 14.9 Å². The van der Waals surface area contributed by atoms with E-state index in [4.69, 9.17) is 0 Å². The third-order valence-electron chi connectivity index (χ3n) is 4.09. The summed E-state index contributed by atoms with van der Waals surface area (Å²) in [6, 6.07) is 7.51. The van der Waals surface area contributed by atoms with Crippen molar-refractivity contribution >= 4 is 28.0 Å². The normalized spacial score (nSPS) is 12.9. The van der Waals surface area contributed by atoms with Crippen LogP contribution in [-0.4, -0.2) is 15.5 Å². The highest BCUT2D eigenvalue weighted by atomic mass is 32.1. The van der Waals surface area contributed by atoms with Crippen LogP contribution in [0.15, 0.2) is 53.0 Å². The standard InChI is InChI=1S/C19H21N3O2S/c1-19(2,3)17(15-5-4-10-25-15)21-16(23)12-22-9-7-13-6-8-20-11-14(13)18(22)24/h4-11,17H,12H2,1-3H3,(H,21,23)/t17-/m1/s1. The maximum Gasteiger partial charge on any atom is 0.260 e. The van der Waals surface area contributed by atoms with Gasteiger partial charge >= 0.3 is 0 Å². The zero-order valence-electron chi connectivity index (χ0n) is 14.5. The first kappa shape index (κ1) is 17.4. The Morgan fingerprint density at radius 2 is 2.12 bits per heavy atom. The van der Waals surface area contributed by atoms with Gasteiger partial charge in [0.2, 0.25) is 5.91 Å². The van der Waals surface area contributed by atoms with E-state index < -0.39 is 0 Å². The first-order valence-corrected chi connectivity index (χ1v) is 9.00. The Balaban J connectivity index is 1.82. The molecule has 0 radical (unpaired) electrons. The highest BCUT2D eigenvalue weighted by molar-refractivity contribution is 7.10. The molecule has 0 fully saturated rings. The molecule has 3 aromatic rings. The molecule has 3 heterocycles. The molecule has 0 aliphatic heterocycles. The molecule has 25 heavy (non-hydrogen) atoms. The Kier molecular flexibility index (Phi) is 4.72. The lowest BCUT2D eigenvalue weighted by Crippen LogP contribution is -2.39. The van der Waals surface area contributed by atoms with Crippen LogP contribution in [0.2, 0.25) is 0 Å². The summed E-state index contributed by atoms with van der Waals surface area (Å²) in [5.74, 6) is -0.182. The van der Waals surface area contributed by atoms with Crippen molar-refractivity contribution in [3.05, 3.63) is 63.5 Å². The van der Waals surface area contributed by atoms with Gasteiger partial charge in [-0.15, -0.1) is 11.3 Å². The Bertz CT molecular complexity index is 939. The second-order valence-electron chi connectivity index (χ2n) is 7.09. The number of aromatic nitrogens is 2. The van der Waals surface area contributed by atoms with Gasteiger partial charge in [-0.3, -0.25) is 14.6 Å². The summed E-state index contributed by atoms with van der Waals surface area (Å²) in [6.07, 6.45) is 4.84. The Hall–Kier alpha value is -2.47. The fraction of sp³-hybridized carbons (Fsp3) is 0.316. The van der Waals surface area contributed by atoms with E-state index in [9.17, 15) is 9.59 Å². The van der Waals surface area contributed by atoms with Crippen LogP contribution in [0.1, 0.15) is 31.7 Å². The number of rotatable bonds is 4. The van der Waals surface area contributed by atoms with Crippen molar-refractivity contribution < 1.29 is 4.79 Å². The van der Waals surface area contributed by atoms with Crippen LogP contribution < -0.4 is 10.9 Å². The lowest BCUT2D eigenvalue weighted by Gasteiger charge is -2.30. The maximum absolute atomic E-state index is 12.6. The lowest BCUT2D eigenvalue weighted by molar-refractivity contribution is -0.123. The average molecular weight is 355 g/mol. The van der Waals surface area contributed by atoms with Crippen LogP contribution in [-0.2, 0) is 11.3 Å². The fourth-order valence-electron chi connectivity index (χ4n) is 2.78. The minimum Gasteiger partial charge on any atom is -0.346 e. The summed E-state index contributed by atoms with van der Waals surface area (Å²) < 4.78 is 1.42. The number of thiophene rings is 1. The third-order valence-corrected chi connectivity index (χ3v) is 5.03. The van der Waals surface area contributed by atoms with Gasteiger partial charge in [0, 0.05) is 23.5 Å². The van der Waals surface area contributed by atoms with Gasteiger partial charge in [-0.2, -0.15) is 0 Å². The average Bonchev–Trinajstić information content (AvgIpc) is 3.08. The zero-order valence-corrected chi connectivity index (χ0v) is 15.3. The number of nitrogens with zero attached hydrogens (tertiary/aromatic N) is 2. The summed E-state index contributed by atoms with van der Waals surface area (Å²) in [6.45, 7) is 6.25. The number of hydrogen-bond donors (Lipinski definition) is 1. The third kappa shape index (κ3) is 3.79. The van der Waals surface area contributed by atoms with E-state index in [1.54, 1.807) is 29.8 Å². The van der Waals surface area contributed by atoms with E-state index in [1.807, 2.05) is 23.6 Å². The topological polar surface area (TPSA) is 64.0 Å². The molecule has 0 bridgehead atoms. The van der Waals surface area contributed by atoms with Gasteiger partial charge < -0.3 is 9.88 Å². The molecule has 0 aliphatic rings. The van der Waals surface area contributed by atoms with Crippen molar-refractivity contribution in [2.75, 3.05) is 0 Å². The van der Waals surface area contributed by atoms with Crippen molar-refractivity contribution in [1.29, 1.82) is 0 Å². The second-order valence-corrected chi connectivity index (χ2v) is 8.07. The van der Waals surface area contributed by atoms with Gasteiger partial charge in [0.15, 0.2) is 0 Å². The molecular weight excluding hydrogens is 334 g/mol. The number of pyridine rings is 2. The molecule has 0 aliphatic carbocycles. The van der Waals surface area contributed by atoms with Crippen LogP contribution in [0.3, 0.4) is 0 Å². The van der Waals surface area contributed by atoms with E-state index in [2.05, 4.69) is 31.1 Å². The van der Waals surface area contributed by atoms with Crippen molar-refractivity contribution in [2.24, 2.45) is 5.41 Å². The number of amides is 1. The van der Waals surface area contributed by atoms with Gasteiger partial charge in [-0.05, 0) is 34.4 Å². The minimum atomic E-state index is -0.204. The predicted octanol–water partition coefficient (Wildman–Crippen LogP) is 3.36. The van der Waals surface area contributed by atoms with E-state index in [0.717, 1.165) is 10.3 Å². The van der Waals surface area contributed by atoms with E-state index in [0.29, 0.717) is 5.39 Å². The molecule has 1 N–H and O–H groups in total. The molecule has 5 nitrogen and oxygen atoms in total. The van der Waals surface area contributed by atoms with Gasteiger partial charge in [0.1, 0.15) is 6.54 Å². The SMILES string of the molecule is CC(C)(C)[C@H](NC(=O)Cn1ccc2ccncc2c1=O)c1cccs1. The number of hydrogen-bond acceptors (Lipinski definition) is 4. The molecule has 0 saturated heterocycles. The molecule has 3 aromatic heterocycles. The van der Waals surface area contributed by atoms with Crippen LogP contribution in [0, 0.1) is 5.41 Å². The second kappa shape index (κ2) is 6.80. The molecule has 0 spiro atoms. The quantitative estimate of drug-likeness (QED) is 0.780. The van der Waals surface area contributed by atoms with Crippen LogP contribution in [0.5, 0.6) is 0 Å². The molecule has 1 atom stereocenters. The first-order chi connectivity index (χ1) is 11.9. The molecule has 6 heteroatoms. The van der Waals surface area contributed by atoms with Crippen LogP contribution >= 0.6 is 11.3 Å². The van der Waals surface area contributed by atoms with Crippen LogP contribution in [0.4, 0.5) is 0 Å². The van der Waals surface area contributed by atoms with Gasteiger partial charge in [0.25, 0.3) is 5.56 Å². The molecule has 3 rings (SSSR count). The maximum atomic E-state index is 12.6. The van der Waals surface area contributed by atoms with E-state index in [1.165, 1.54) is 10.8 Å². The Morgan fingerprint density at radius 3 is 2.80 bits per heavy atom. The Morgan fingerprint density at radius 1 is 1.32 bits per heavy atom. The number of fused-ring (bicyclic) bond motifs is 1. The summed E-state index contributed by atoms with van der Waals surface area (Å²) in [5, 5.41) is 6.42. The number of carbonyl (C=O) groups excluding carboxylic acids is 1. The predicted molar refractivity (Wildman–Crippen MR) is 101 cm³/mol. The van der Waals surface area contributed by atoms with Crippen molar-refractivity contribution in [2.45, 2.75) is 33.4 Å². The highest BCUT2D eigenvalue weighted by Crippen LogP contribution is 2.35. The highest BCUT2D eigenvalue weighted by Gasteiger charge is 2.28. The molecule has 1 amide bonds. The van der Waals surface area contributed by atoms with E-state index in [-0.39, 0.29) is 29.5 Å². The molecule has 0 aromatic carbocycles. The zero-order chi connectivity index (χ0) is 18.0. The summed E-state index contributed by atoms with van der Waals surface area (Å²) in [5.41, 5.74) is -0.331. The van der Waals surface area contributed by atoms with Gasteiger partial charge in [-0.1, -0.05) is 26.8 Å². The largest absolute Gasteiger partial charge is 0.346 e. The van der Waals surface area contributed by atoms with Gasteiger partial charge in [0.05, 0.1) is 11.4 Å². The lowest BCUT2D eigenvalue weighted by atomic mass is 9.85. The first-order valence-electron chi connectivity index (χ1n) is 8.12. The number of nitrogens with one attached hydrogen (secondary N) is 1. The molecular formula is C19H21N3O2S. The van der Waals surface area contributed by atoms with E-state index >= 15 is 0 Å². The van der Waals surface area contributed by atoms with Crippen molar-refractivity contribution in [3.8, 4) is 0 Å². The summed E-state index contributed by atoms with van der Waals surface area (Å²) >= 11 is 1.62. The summed E-state index contributed by atoms with van der Waals surface area (Å²) in [4.78, 5) is 30.2. The van der Waals surface area contributed by atoms with Gasteiger partial charge in [-0.25, -0.2) is 0 Å². The fourth-order valence-corrected chi connectivity index (χ4v) is 3.80. The molecule has 0 unspecified atom stereocenters. The minimum absolute atomic E-state index is 0.0123. The number of carbonyl (C=O) groups is 1. The molecule has 0 saturated carbocycles. The van der Waals surface area contributed by atoms with Crippen LogP contribution in [0.25, 0.3) is 10.8 Å².